The number of imidazole rings is 1. The predicted molar refractivity (Wildman–Crippen MR) is 105 cm³/mol. The van der Waals surface area contributed by atoms with Crippen molar-refractivity contribution in [2.45, 2.75) is 44.6 Å². The highest BCUT2D eigenvalue weighted by atomic mass is 19.1. The molecule has 2 amide bonds. The van der Waals surface area contributed by atoms with Gasteiger partial charge in [-0.2, -0.15) is 0 Å². The number of carbonyl (C=O) groups is 1. The molecule has 7 heteroatoms. The van der Waals surface area contributed by atoms with Crippen molar-refractivity contribution in [2.75, 3.05) is 31.6 Å². The number of ether oxygens (including phenoxy) is 1. The van der Waals surface area contributed by atoms with Gasteiger partial charge >= 0.3 is 6.03 Å². The molecule has 0 spiro atoms. The Morgan fingerprint density at radius 3 is 2.82 bits per heavy atom. The van der Waals surface area contributed by atoms with E-state index in [-0.39, 0.29) is 17.8 Å². The number of anilines is 1. The first-order valence-electron chi connectivity index (χ1n) is 10.1. The van der Waals surface area contributed by atoms with Crippen molar-refractivity contribution in [1.82, 2.24) is 14.5 Å². The molecule has 1 atom stereocenters. The van der Waals surface area contributed by atoms with Crippen LogP contribution in [0.25, 0.3) is 0 Å². The quantitative estimate of drug-likeness (QED) is 0.864. The summed E-state index contributed by atoms with van der Waals surface area (Å²) >= 11 is 0. The van der Waals surface area contributed by atoms with Crippen LogP contribution in [0.3, 0.4) is 0 Å². The number of nitrogens with one attached hydrogen (secondary N) is 1. The first kappa shape index (κ1) is 18.9. The zero-order valence-electron chi connectivity index (χ0n) is 16.2. The molecule has 2 aliphatic rings. The van der Waals surface area contributed by atoms with E-state index < -0.39 is 5.82 Å². The number of aryl methyl sites for hydroxylation is 1. The van der Waals surface area contributed by atoms with Crippen LogP contribution in [-0.2, 0) is 4.74 Å². The molecule has 1 aromatic carbocycles. The summed E-state index contributed by atoms with van der Waals surface area (Å²) in [5, 5.41) is 2.71. The van der Waals surface area contributed by atoms with Gasteiger partial charge < -0.3 is 19.5 Å². The zero-order valence-corrected chi connectivity index (χ0v) is 16.2. The number of amides is 2. The van der Waals surface area contributed by atoms with E-state index >= 15 is 0 Å². The van der Waals surface area contributed by atoms with Gasteiger partial charge in [0, 0.05) is 44.1 Å². The van der Waals surface area contributed by atoms with Crippen LogP contribution in [0.1, 0.15) is 49.2 Å². The number of carbonyl (C=O) groups excluding carboxylic acids is 1. The normalized spacial score (nSPS) is 20.9. The summed E-state index contributed by atoms with van der Waals surface area (Å²) in [6, 6.07) is 6.20. The van der Waals surface area contributed by atoms with E-state index in [9.17, 15) is 9.18 Å². The molecule has 0 bridgehead atoms. The molecule has 6 nitrogen and oxygen atoms in total. The lowest BCUT2D eigenvalue weighted by atomic mass is 9.98. The Kier molecular flexibility index (Phi) is 5.62. The maximum atomic E-state index is 13.9. The summed E-state index contributed by atoms with van der Waals surface area (Å²) < 4.78 is 21.7. The van der Waals surface area contributed by atoms with Gasteiger partial charge in [-0.1, -0.05) is 12.1 Å². The van der Waals surface area contributed by atoms with Gasteiger partial charge in [-0.15, -0.1) is 0 Å². The molecule has 2 saturated heterocycles. The molecule has 2 aliphatic heterocycles. The molecular formula is C21H27FN4O2. The Bertz CT molecular complexity index is 832. The van der Waals surface area contributed by atoms with Crippen molar-refractivity contribution >= 4 is 11.7 Å². The van der Waals surface area contributed by atoms with Gasteiger partial charge in [0.05, 0.1) is 11.7 Å². The predicted octanol–water partition coefficient (Wildman–Crippen LogP) is 4.09. The Labute approximate surface area is 164 Å². The third-order valence-electron chi connectivity index (χ3n) is 5.76. The van der Waals surface area contributed by atoms with Crippen LogP contribution in [0.15, 0.2) is 30.5 Å². The maximum Gasteiger partial charge on any atom is 0.321 e. The summed E-state index contributed by atoms with van der Waals surface area (Å²) in [7, 11) is 0. The lowest BCUT2D eigenvalue weighted by Gasteiger charge is -2.36. The number of likely N-dealkylation sites (tertiary alicyclic amines) is 1. The number of benzene rings is 1. The van der Waals surface area contributed by atoms with Gasteiger partial charge in [-0.3, -0.25) is 0 Å². The van der Waals surface area contributed by atoms with Crippen LogP contribution in [0.4, 0.5) is 14.9 Å². The van der Waals surface area contributed by atoms with E-state index in [1.165, 1.54) is 6.07 Å². The standard InChI is InChI=1S/C21H27FN4O2/c1-15-13-23-20(16-8-11-28-12-9-16)26(15)17-5-4-10-25(14-17)21(27)24-19-7-3-2-6-18(19)22/h2-3,6-7,13,16-17H,4-5,8-12,14H2,1H3,(H,24,27). The number of halogens is 1. The minimum absolute atomic E-state index is 0.195. The second-order valence-corrected chi connectivity index (χ2v) is 7.67. The summed E-state index contributed by atoms with van der Waals surface area (Å²) in [6.07, 6.45) is 5.83. The molecule has 0 aliphatic carbocycles. The Morgan fingerprint density at radius 2 is 2.04 bits per heavy atom. The van der Waals surface area contributed by atoms with Crippen molar-refractivity contribution in [3.05, 3.63) is 47.8 Å². The average Bonchev–Trinajstić information content (AvgIpc) is 3.12. The smallest absolute Gasteiger partial charge is 0.321 e. The molecule has 3 heterocycles. The molecular weight excluding hydrogens is 359 g/mol. The van der Waals surface area contributed by atoms with Crippen LogP contribution in [0.5, 0.6) is 0 Å². The Hall–Kier alpha value is -2.41. The fourth-order valence-corrected chi connectivity index (χ4v) is 4.30. The number of hydrogen-bond donors (Lipinski definition) is 1. The lowest BCUT2D eigenvalue weighted by Crippen LogP contribution is -2.43. The van der Waals surface area contributed by atoms with Crippen molar-refractivity contribution in [2.24, 2.45) is 0 Å². The number of hydrogen-bond acceptors (Lipinski definition) is 3. The van der Waals surface area contributed by atoms with Gasteiger partial charge in [0.1, 0.15) is 11.6 Å². The van der Waals surface area contributed by atoms with E-state index in [0.717, 1.165) is 50.4 Å². The molecule has 1 unspecified atom stereocenters. The van der Waals surface area contributed by atoms with Gasteiger partial charge in [-0.25, -0.2) is 14.2 Å². The zero-order chi connectivity index (χ0) is 19.5. The molecule has 28 heavy (non-hydrogen) atoms. The number of rotatable bonds is 3. The Balaban J connectivity index is 1.49. The second kappa shape index (κ2) is 8.31. The molecule has 4 rings (SSSR count). The van der Waals surface area contributed by atoms with Crippen molar-refractivity contribution in [1.29, 1.82) is 0 Å². The number of urea groups is 1. The van der Waals surface area contributed by atoms with E-state index in [1.807, 2.05) is 6.20 Å². The number of para-hydroxylation sites is 1. The fourth-order valence-electron chi connectivity index (χ4n) is 4.30. The highest BCUT2D eigenvalue weighted by Gasteiger charge is 2.30. The minimum atomic E-state index is -0.420. The van der Waals surface area contributed by atoms with Gasteiger partial charge in [0.15, 0.2) is 0 Å². The van der Waals surface area contributed by atoms with Crippen LogP contribution >= 0.6 is 0 Å². The third kappa shape index (κ3) is 3.90. The molecule has 0 radical (unpaired) electrons. The van der Waals surface area contributed by atoms with Crippen molar-refractivity contribution in [3.63, 3.8) is 0 Å². The average molecular weight is 386 g/mol. The second-order valence-electron chi connectivity index (χ2n) is 7.67. The van der Waals surface area contributed by atoms with Gasteiger partial charge in [-0.05, 0) is 44.7 Å². The van der Waals surface area contributed by atoms with E-state index in [2.05, 4.69) is 16.8 Å². The summed E-state index contributed by atoms with van der Waals surface area (Å²) in [5.74, 6) is 1.10. The number of aromatic nitrogens is 2. The van der Waals surface area contributed by atoms with E-state index in [1.54, 1.807) is 23.1 Å². The first-order chi connectivity index (χ1) is 13.6. The molecule has 1 aromatic heterocycles. The minimum Gasteiger partial charge on any atom is -0.381 e. The molecule has 0 saturated carbocycles. The first-order valence-corrected chi connectivity index (χ1v) is 10.1. The third-order valence-corrected chi connectivity index (χ3v) is 5.76. The molecule has 2 fully saturated rings. The Morgan fingerprint density at radius 1 is 1.25 bits per heavy atom. The van der Waals surface area contributed by atoms with Crippen LogP contribution < -0.4 is 5.32 Å². The SMILES string of the molecule is Cc1cnc(C2CCOCC2)n1C1CCCN(C(=O)Nc2ccccc2F)C1. The van der Waals surface area contributed by atoms with E-state index in [4.69, 9.17) is 9.72 Å². The van der Waals surface area contributed by atoms with Crippen LogP contribution in [0, 0.1) is 12.7 Å². The van der Waals surface area contributed by atoms with Crippen LogP contribution in [-0.4, -0.2) is 46.8 Å². The van der Waals surface area contributed by atoms with Gasteiger partial charge in [0.2, 0.25) is 0 Å². The molecule has 2 aromatic rings. The van der Waals surface area contributed by atoms with E-state index in [0.29, 0.717) is 19.0 Å². The number of nitrogens with zero attached hydrogens (tertiary/aromatic N) is 3. The fraction of sp³-hybridized carbons (Fsp3) is 0.524. The highest BCUT2D eigenvalue weighted by molar-refractivity contribution is 5.89. The molecule has 150 valence electrons. The van der Waals surface area contributed by atoms with Crippen LogP contribution in [0.2, 0.25) is 0 Å². The highest BCUT2D eigenvalue weighted by Crippen LogP contribution is 2.32. The monoisotopic (exact) mass is 386 g/mol. The van der Waals surface area contributed by atoms with Crippen molar-refractivity contribution in [3.8, 4) is 0 Å². The van der Waals surface area contributed by atoms with Crippen molar-refractivity contribution < 1.29 is 13.9 Å². The topological polar surface area (TPSA) is 59.4 Å². The summed E-state index contributed by atoms with van der Waals surface area (Å²) in [5.41, 5.74) is 1.35. The largest absolute Gasteiger partial charge is 0.381 e. The lowest BCUT2D eigenvalue weighted by molar-refractivity contribution is 0.0817. The summed E-state index contributed by atoms with van der Waals surface area (Å²) in [6.45, 7) is 4.91. The number of piperidine rings is 1. The molecule has 1 N–H and O–H groups in total. The maximum absolute atomic E-state index is 13.9. The summed E-state index contributed by atoms with van der Waals surface area (Å²) in [4.78, 5) is 19.2. The van der Waals surface area contributed by atoms with Gasteiger partial charge in [0.25, 0.3) is 0 Å².